The number of aliphatic hydroxyl groups is 1. The first-order chi connectivity index (χ1) is 21.7. The first-order valence-electron chi connectivity index (χ1n) is 13.8. The fourth-order valence-electron chi connectivity index (χ4n) is 3.68. The van der Waals surface area contributed by atoms with E-state index in [0.29, 0.717) is 5.56 Å². The van der Waals surface area contributed by atoms with E-state index in [1.54, 1.807) is 12.1 Å². The molecular weight excluding hydrogens is 646 g/mol. The van der Waals surface area contributed by atoms with Crippen LogP contribution >= 0.6 is 25.3 Å². The van der Waals surface area contributed by atoms with Gasteiger partial charge in [0.05, 0.1) is 19.2 Å². The zero-order valence-corrected chi connectivity index (χ0v) is 26.5. The van der Waals surface area contributed by atoms with Gasteiger partial charge in [-0.3, -0.25) is 29.0 Å². The molecule has 0 saturated heterocycles. The number of aliphatic hydroxyl groups excluding tert-OH is 1. The van der Waals surface area contributed by atoms with Crippen LogP contribution in [0.1, 0.15) is 18.4 Å². The summed E-state index contributed by atoms with van der Waals surface area (Å²) in [4.78, 5) is 78.3. The quantitative estimate of drug-likeness (QED) is 0.0266. The van der Waals surface area contributed by atoms with E-state index in [1.165, 1.54) is 12.1 Å². The average Bonchev–Trinajstić information content (AvgIpc) is 3.01. The Morgan fingerprint density at radius 1 is 0.804 bits per heavy atom. The number of benzene rings is 1. The van der Waals surface area contributed by atoms with E-state index in [4.69, 9.17) is 17.2 Å². The summed E-state index contributed by atoms with van der Waals surface area (Å²) >= 11 is 7.94. The zero-order chi connectivity index (χ0) is 34.8. The molecule has 0 aliphatic rings. The number of hydrogen-bond donors (Lipinski definition) is 13. The predicted octanol–water partition coefficient (Wildman–Crippen LogP) is -4.69. The number of amides is 5. The molecule has 0 bridgehead atoms. The number of guanidine groups is 1. The van der Waals surface area contributed by atoms with Gasteiger partial charge in [0, 0.05) is 18.1 Å². The largest absolute Gasteiger partial charge is 0.508 e. The van der Waals surface area contributed by atoms with Crippen LogP contribution in [0.2, 0.25) is 0 Å². The van der Waals surface area contributed by atoms with Crippen molar-refractivity contribution in [2.75, 3.05) is 31.2 Å². The second kappa shape index (κ2) is 20.7. The van der Waals surface area contributed by atoms with Gasteiger partial charge < -0.3 is 59.1 Å². The number of aliphatic imine (C=N–C) groups is 1. The van der Waals surface area contributed by atoms with Gasteiger partial charge in [-0.15, -0.1) is 0 Å². The number of carboxylic acid groups (broad SMARTS) is 1. The fraction of sp³-hybridized carbons (Fsp3) is 0.500. The van der Waals surface area contributed by atoms with Crippen LogP contribution in [0.5, 0.6) is 5.75 Å². The van der Waals surface area contributed by atoms with Crippen molar-refractivity contribution in [1.29, 1.82) is 0 Å². The van der Waals surface area contributed by atoms with E-state index in [9.17, 15) is 44.1 Å². The summed E-state index contributed by atoms with van der Waals surface area (Å²) in [7, 11) is 0. The van der Waals surface area contributed by atoms with E-state index in [2.05, 4.69) is 56.8 Å². The number of rotatable bonds is 20. The third-order valence-electron chi connectivity index (χ3n) is 6.18. The molecular formula is C26H41N9O9S2. The molecule has 0 aliphatic carbocycles. The molecule has 1 aromatic rings. The number of carbonyl (C=O) groups excluding carboxylic acids is 5. The number of aromatic hydroxyl groups is 1. The van der Waals surface area contributed by atoms with Crippen molar-refractivity contribution in [3.05, 3.63) is 29.8 Å². The van der Waals surface area contributed by atoms with Crippen molar-refractivity contribution in [3.8, 4) is 5.75 Å². The molecule has 0 aliphatic heterocycles. The molecule has 0 fully saturated rings. The van der Waals surface area contributed by atoms with E-state index in [1.807, 2.05) is 0 Å². The van der Waals surface area contributed by atoms with Gasteiger partial charge in [0.1, 0.15) is 29.9 Å². The molecule has 256 valence electrons. The molecule has 5 atom stereocenters. The Labute approximate surface area is 275 Å². The number of aliphatic carboxylic acids is 1. The Balaban J connectivity index is 2.75. The second-order valence-electron chi connectivity index (χ2n) is 9.83. The van der Waals surface area contributed by atoms with Gasteiger partial charge >= 0.3 is 5.97 Å². The average molecular weight is 688 g/mol. The van der Waals surface area contributed by atoms with Crippen LogP contribution in [0.15, 0.2) is 29.3 Å². The number of carbonyl (C=O) groups is 6. The number of phenols is 1. The first kappa shape index (κ1) is 39.8. The lowest BCUT2D eigenvalue weighted by atomic mass is 10.1. The lowest BCUT2D eigenvalue weighted by Gasteiger charge is -2.23. The molecule has 0 spiro atoms. The van der Waals surface area contributed by atoms with Crippen molar-refractivity contribution in [3.63, 3.8) is 0 Å². The van der Waals surface area contributed by atoms with Crippen LogP contribution < -0.4 is 43.8 Å². The number of phenolic OH excluding ortho intramolecular Hbond substituents is 1. The Morgan fingerprint density at radius 2 is 1.37 bits per heavy atom. The van der Waals surface area contributed by atoms with Crippen molar-refractivity contribution in [1.82, 2.24) is 26.6 Å². The van der Waals surface area contributed by atoms with Crippen LogP contribution in [0.4, 0.5) is 0 Å². The fourth-order valence-corrected chi connectivity index (χ4v) is 4.19. The zero-order valence-electron chi connectivity index (χ0n) is 24.7. The molecule has 18 nitrogen and oxygen atoms in total. The van der Waals surface area contributed by atoms with Crippen molar-refractivity contribution in [2.45, 2.75) is 49.5 Å². The van der Waals surface area contributed by atoms with Crippen LogP contribution in [-0.4, -0.2) is 118 Å². The number of nitrogens with one attached hydrogen (secondary N) is 5. The van der Waals surface area contributed by atoms with Gasteiger partial charge in [0.2, 0.25) is 29.5 Å². The minimum atomic E-state index is -1.56. The Hall–Kier alpha value is -4.27. The Morgan fingerprint density at radius 3 is 1.91 bits per heavy atom. The van der Waals surface area contributed by atoms with Crippen LogP contribution in [0.3, 0.4) is 0 Å². The maximum Gasteiger partial charge on any atom is 0.327 e. The van der Waals surface area contributed by atoms with Gasteiger partial charge in [-0.05, 0) is 37.0 Å². The van der Waals surface area contributed by atoms with Crippen molar-refractivity contribution >= 4 is 66.7 Å². The number of nitrogens with zero attached hydrogens (tertiary/aromatic N) is 1. The van der Waals surface area contributed by atoms with E-state index < -0.39 is 78.9 Å². The van der Waals surface area contributed by atoms with E-state index in [-0.39, 0.29) is 49.0 Å². The number of carboxylic acids is 1. The summed E-state index contributed by atoms with van der Waals surface area (Å²) in [5.74, 6) is -6.07. The lowest BCUT2D eigenvalue weighted by molar-refractivity contribution is -0.141. The molecule has 1 rings (SSSR count). The minimum Gasteiger partial charge on any atom is -0.508 e. The molecule has 0 heterocycles. The third-order valence-corrected chi connectivity index (χ3v) is 6.91. The highest BCUT2D eigenvalue weighted by molar-refractivity contribution is 7.80. The van der Waals surface area contributed by atoms with Gasteiger partial charge in [0.25, 0.3) is 0 Å². The van der Waals surface area contributed by atoms with Gasteiger partial charge in [0.15, 0.2) is 5.96 Å². The Kier molecular flexibility index (Phi) is 17.9. The summed E-state index contributed by atoms with van der Waals surface area (Å²) in [6.07, 6.45) is 0.278. The molecule has 0 unspecified atom stereocenters. The predicted molar refractivity (Wildman–Crippen MR) is 173 cm³/mol. The maximum absolute atomic E-state index is 12.8. The highest BCUT2D eigenvalue weighted by atomic mass is 32.1. The first-order valence-corrected chi connectivity index (χ1v) is 15.1. The normalized spacial score (nSPS) is 13.9. The minimum absolute atomic E-state index is 0.0369. The molecule has 0 aromatic heterocycles. The highest BCUT2D eigenvalue weighted by Crippen LogP contribution is 2.11. The van der Waals surface area contributed by atoms with Crippen LogP contribution in [0.25, 0.3) is 0 Å². The van der Waals surface area contributed by atoms with Crippen LogP contribution in [-0.2, 0) is 35.2 Å². The molecule has 0 radical (unpaired) electrons. The van der Waals surface area contributed by atoms with Crippen molar-refractivity contribution < 1.29 is 44.1 Å². The van der Waals surface area contributed by atoms with Gasteiger partial charge in [-0.1, -0.05) is 12.1 Å². The number of nitrogens with two attached hydrogens (primary N) is 3. The molecule has 14 N–H and O–H groups in total. The molecule has 20 heteroatoms. The monoisotopic (exact) mass is 687 g/mol. The summed E-state index contributed by atoms with van der Waals surface area (Å²) in [6, 6.07) is -0.357. The number of hydrogen-bond acceptors (Lipinski definition) is 12. The summed E-state index contributed by atoms with van der Waals surface area (Å²) in [6.45, 7) is -1.46. The van der Waals surface area contributed by atoms with E-state index in [0.717, 1.165) is 0 Å². The van der Waals surface area contributed by atoms with E-state index >= 15 is 0 Å². The number of thiol groups is 2. The van der Waals surface area contributed by atoms with Gasteiger partial charge in [-0.2, -0.15) is 25.3 Å². The molecule has 5 amide bonds. The SMILES string of the molecule is NC(N)=NCCC[C@H](NC(=O)[C@H](CO)NC(=O)CNC(=O)[C@H](CS)NC(=O)[C@@H](N)Cc1ccc(O)cc1)C(=O)N[C@@H](CS)C(=O)O. The molecule has 0 saturated carbocycles. The second-order valence-corrected chi connectivity index (χ2v) is 10.6. The van der Waals surface area contributed by atoms with Crippen molar-refractivity contribution in [2.24, 2.45) is 22.2 Å². The summed E-state index contributed by atoms with van der Waals surface area (Å²) in [5, 5.41) is 39.8. The van der Waals surface area contributed by atoms with Crippen LogP contribution in [0, 0.1) is 0 Å². The molecule has 46 heavy (non-hydrogen) atoms. The topological polar surface area (TPSA) is 314 Å². The Bertz CT molecular complexity index is 1230. The highest BCUT2D eigenvalue weighted by Gasteiger charge is 2.29. The van der Waals surface area contributed by atoms with Gasteiger partial charge in [-0.25, -0.2) is 4.79 Å². The summed E-state index contributed by atoms with van der Waals surface area (Å²) < 4.78 is 0. The maximum atomic E-state index is 12.8. The summed E-state index contributed by atoms with van der Waals surface area (Å²) in [5.41, 5.74) is 17.2. The smallest absolute Gasteiger partial charge is 0.327 e. The third kappa shape index (κ3) is 14.7. The standard InChI is InChI=1S/C26H41N9O9S2/c27-15(8-13-3-5-14(37)6-4-13)21(39)34-18(11-45)22(40)31-9-20(38)32-17(10-36)24(42)33-16(2-1-7-30-26(28)29)23(41)35-19(12-46)25(43)44/h3-6,15-19,36-37,45-46H,1-2,7-12,27H2,(H,31,40)(H,32,38)(H,33,42)(H,34,39)(H,35,41)(H,43,44)(H4,28,29,30)/t15-,16-,17-,18-,19-/m0/s1. The lowest BCUT2D eigenvalue weighted by Crippen LogP contribution is -2.58. The molecule has 1 aromatic carbocycles.